The SMILES string of the molecule is CCOC(=O)c1ccc(NC(=O)CN2C(=O)/C(=C/c3ccc(OCC)cc3)SC2=S)cc1. The molecule has 166 valence electrons. The van der Waals surface area contributed by atoms with E-state index in [1.165, 1.54) is 4.90 Å². The molecule has 0 radical (unpaired) electrons. The average molecular weight is 471 g/mol. The minimum absolute atomic E-state index is 0.203. The zero-order chi connectivity index (χ0) is 23.1. The Labute approximate surface area is 195 Å². The highest BCUT2D eigenvalue weighted by atomic mass is 32.2. The lowest BCUT2D eigenvalue weighted by molar-refractivity contribution is -0.126. The first-order chi connectivity index (χ1) is 15.4. The van der Waals surface area contributed by atoms with Crippen molar-refractivity contribution in [3.8, 4) is 5.75 Å². The van der Waals surface area contributed by atoms with E-state index in [-0.39, 0.29) is 19.1 Å². The predicted molar refractivity (Wildman–Crippen MR) is 129 cm³/mol. The summed E-state index contributed by atoms with van der Waals surface area (Å²) in [7, 11) is 0. The van der Waals surface area contributed by atoms with E-state index in [0.29, 0.717) is 27.1 Å². The zero-order valence-electron chi connectivity index (χ0n) is 17.6. The first-order valence-corrected chi connectivity index (χ1v) is 11.2. The molecule has 32 heavy (non-hydrogen) atoms. The maximum absolute atomic E-state index is 12.8. The summed E-state index contributed by atoms with van der Waals surface area (Å²) >= 11 is 6.45. The van der Waals surface area contributed by atoms with E-state index in [2.05, 4.69) is 5.32 Å². The molecule has 2 aromatic rings. The molecule has 3 rings (SSSR count). The van der Waals surface area contributed by atoms with Crippen LogP contribution in [0.4, 0.5) is 5.69 Å². The van der Waals surface area contributed by atoms with Gasteiger partial charge in [0.25, 0.3) is 5.91 Å². The van der Waals surface area contributed by atoms with Crippen LogP contribution < -0.4 is 10.1 Å². The van der Waals surface area contributed by atoms with E-state index < -0.39 is 11.9 Å². The van der Waals surface area contributed by atoms with Crippen LogP contribution in [-0.2, 0) is 14.3 Å². The number of rotatable bonds is 8. The van der Waals surface area contributed by atoms with E-state index in [4.69, 9.17) is 21.7 Å². The first kappa shape index (κ1) is 23.5. The van der Waals surface area contributed by atoms with Crippen molar-refractivity contribution in [2.75, 3.05) is 25.1 Å². The van der Waals surface area contributed by atoms with Crippen LogP contribution in [0, 0.1) is 0 Å². The second-order valence-electron chi connectivity index (χ2n) is 6.62. The van der Waals surface area contributed by atoms with Crippen molar-refractivity contribution in [1.82, 2.24) is 4.90 Å². The third-order valence-electron chi connectivity index (χ3n) is 4.34. The van der Waals surface area contributed by atoms with Gasteiger partial charge < -0.3 is 14.8 Å². The Morgan fingerprint density at radius 2 is 1.75 bits per heavy atom. The minimum Gasteiger partial charge on any atom is -0.494 e. The van der Waals surface area contributed by atoms with Crippen LogP contribution in [0.2, 0.25) is 0 Å². The van der Waals surface area contributed by atoms with Crippen LogP contribution >= 0.6 is 24.0 Å². The highest BCUT2D eigenvalue weighted by Crippen LogP contribution is 2.32. The molecule has 0 aliphatic carbocycles. The summed E-state index contributed by atoms with van der Waals surface area (Å²) in [5.41, 5.74) is 1.72. The molecular weight excluding hydrogens is 448 g/mol. The Hall–Kier alpha value is -3.17. The Morgan fingerprint density at radius 1 is 1.06 bits per heavy atom. The monoisotopic (exact) mass is 470 g/mol. The maximum atomic E-state index is 12.8. The second kappa shape index (κ2) is 10.9. The number of nitrogens with zero attached hydrogens (tertiary/aromatic N) is 1. The molecule has 0 bridgehead atoms. The fourth-order valence-corrected chi connectivity index (χ4v) is 4.12. The molecule has 0 atom stereocenters. The summed E-state index contributed by atoms with van der Waals surface area (Å²) in [5.74, 6) is -0.388. The van der Waals surface area contributed by atoms with Gasteiger partial charge in [0.1, 0.15) is 16.6 Å². The van der Waals surface area contributed by atoms with Gasteiger partial charge >= 0.3 is 5.97 Å². The summed E-state index contributed by atoms with van der Waals surface area (Å²) in [6.45, 7) is 4.30. The van der Waals surface area contributed by atoms with E-state index in [1.54, 1.807) is 37.3 Å². The van der Waals surface area contributed by atoms with Gasteiger partial charge in [0, 0.05) is 5.69 Å². The number of esters is 1. The Morgan fingerprint density at radius 3 is 2.38 bits per heavy atom. The molecular formula is C23H22N2O5S2. The number of anilines is 1. The minimum atomic E-state index is -0.428. The van der Waals surface area contributed by atoms with Crippen molar-refractivity contribution in [3.05, 3.63) is 64.6 Å². The zero-order valence-corrected chi connectivity index (χ0v) is 19.3. The number of nitrogens with one attached hydrogen (secondary N) is 1. The van der Waals surface area contributed by atoms with Crippen LogP contribution in [0.3, 0.4) is 0 Å². The quantitative estimate of drug-likeness (QED) is 0.353. The van der Waals surface area contributed by atoms with Crippen LogP contribution in [0.5, 0.6) is 5.75 Å². The van der Waals surface area contributed by atoms with Crippen LogP contribution in [0.25, 0.3) is 6.08 Å². The third-order valence-corrected chi connectivity index (χ3v) is 5.72. The molecule has 1 saturated heterocycles. The third kappa shape index (κ3) is 5.95. The van der Waals surface area contributed by atoms with Crippen molar-refractivity contribution in [1.29, 1.82) is 0 Å². The van der Waals surface area contributed by atoms with Crippen LogP contribution in [0.15, 0.2) is 53.4 Å². The molecule has 0 spiro atoms. The molecule has 1 N–H and O–H groups in total. The van der Waals surface area contributed by atoms with Gasteiger partial charge in [-0.1, -0.05) is 36.1 Å². The molecule has 9 heteroatoms. The van der Waals surface area contributed by atoms with Crippen LogP contribution in [0.1, 0.15) is 29.8 Å². The number of thiocarbonyl (C=S) groups is 1. The molecule has 1 aliphatic rings. The molecule has 0 unspecified atom stereocenters. The highest BCUT2D eigenvalue weighted by Gasteiger charge is 2.33. The van der Waals surface area contributed by atoms with Gasteiger partial charge in [-0.05, 0) is 61.9 Å². The van der Waals surface area contributed by atoms with Gasteiger partial charge in [-0.2, -0.15) is 0 Å². The number of benzene rings is 2. The number of carbonyl (C=O) groups is 3. The summed E-state index contributed by atoms with van der Waals surface area (Å²) in [5, 5.41) is 2.70. The van der Waals surface area contributed by atoms with Crippen molar-refractivity contribution in [3.63, 3.8) is 0 Å². The summed E-state index contributed by atoms with van der Waals surface area (Å²) in [4.78, 5) is 38.6. The van der Waals surface area contributed by atoms with Gasteiger partial charge in [-0.15, -0.1) is 0 Å². The smallest absolute Gasteiger partial charge is 0.338 e. The predicted octanol–water partition coefficient (Wildman–Crippen LogP) is 4.10. The molecule has 0 saturated carbocycles. The molecule has 7 nitrogen and oxygen atoms in total. The van der Waals surface area contributed by atoms with Gasteiger partial charge in [-0.3, -0.25) is 14.5 Å². The average Bonchev–Trinajstić information content (AvgIpc) is 3.03. The topological polar surface area (TPSA) is 84.9 Å². The van der Waals surface area contributed by atoms with Crippen molar-refractivity contribution in [2.45, 2.75) is 13.8 Å². The lowest BCUT2D eigenvalue weighted by Gasteiger charge is -2.14. The lowest BCUT2D eigenvalue weighted by atomic mass is 10.2. The van der Waals surface area contributed by atoms with Gasteiger partial charge in [0.2, 0.25) is 5.91 Å². The summed E-state index contributed by atoms with van der Waals surface area (Å²) in [6.07, 6.45) is 1.74. The Bertz CT molecular complexity index is 1050. The summed E-state index contributed by atoms with van der Waals surface area (Å²) in [6, 6.07) is 13.7. The molecule has 1 heterocycles. The first-order valence-electron chi connectivity index (χ1n) is 9.96. The molecule has 2 aromatic carbocycles. The summed E-state index contributed by atoms with van der Waals surface area (Å²) < 4.78 is 10.7. The number of carbonyl (C=O) groups excluding carboxylic acids is 3. The fourth-order valence-electron chi connectivity index (χ4n) is 2.86. The molecule has 0 aromatic heterocycles. The normalized spacial score (nSPS) is 14.6. The van der Waals surface area contributed by atoms with Gasteiger partial charge in [-0.25, -0.2) is 4.79 Å². The van der Waals surface area contributed by atoms with Crippen molar-refractivity contribution in [2.24, 2.45) is 0 Å². The van der Waals surface area contributed by atoms with E-state index in [0.717, 1.165) is 23.1 Å². The van der Waals surface area contributed by atoms with E-state index >= 15 is 0 Å². The Balaban J connectivity index is 1.61. The van der Waals surface area contributed by atoms with Crippen LogP contribution in [-0.4, -0.2) is 46.8 Å². The van der Waals surface area contributed by atoms with Crippen molar-refractivity contribution < 1.29 is 23.9 Å². The van der Waals surface area contributed by atoms with Gasteiger partial charge in [0.15, 0.2) is 0 Å². The van der Waals surface area contributed by atoms with E-state index in [1.807, 2.05) is 31.2 Å². The number of hydrogen-bond acceptors (Lipinski definition) is 7. The molecule has 1 fully saturated rings. The fraction of sp³-hybridized carbons (Fsp3) is 0.217. The van der Waals surface area contributed by atoms with Gasteiger partial charge in [0.05, 0.1) is 23.7 Å². The largest absolute Gasteiger partial charge is 0.494 e. The Kier molecular flexibility index (Phi) is 8.02. The molecule has 2 amide bonds. The van der Waals surface area contributed by atoms with E-state index in [9.17, 15) is 14.4 Å². The maximum Gasteiger partial charge on any atom is 0.338 e. The standard InChI is InChI=1S/C23H22N2O5S2/c1-3-29-18-11-5-15(6-12-18)13-19-21(27)25(23(31)32-19)14-20(26)24-17-9-7-16(8-10-17)22(28)30-4-2/h5-13H,3-4,14H2,1-2H3,(H,24,26)/b19-13-. The van der Waals surface area contributed by atoms with Crippen molar-refractivity contribution >= 4 is 57.8 Å². The molecule has 1 aliphatic heterocycles. The number of amides is 2. The number of ether oxygens (including phenoxy) is 2. The highest BCUT2D eigenvalue weighted by molar-refractivity contribution is 8.26. The number of thioether (sulfide) groups is 1. The number of hydrogen-bond donors (Lipinski definition) is 1. The lowest BCUT2D eigenvalue weighted by Crippen LogP contribution is -2.36. The second-order valence-corrected chi connectivity index (χ2v) is 8.29.